The predicted molar refractivity (Wildman–Crippen MR) is 79.8 cm³/mol. The summed E-state index contributed by atoms with van der Waals surface area (Å²) in [4.78, 5) is 12.2. The SMILES string of the molecule is CCCn1cc(C(=O)NCC(C)(C)C)c(OS(C)(=O)=O)n1. The fourth-order valence-corrected chi connectivity index (χ4v) is 1.96. The molecule has 1 heterocycles. The third-order valence-corrected chi connectivity index (χ3v) is 2.90. The van der Waals surface area contributed by atoms with Crippen molar-refractivity contribution >= 4 is 16.0 Å². The van der Waals surface area contributed by atoms with Crippen molar-refractivity contribution in [2.75, 3.05) is 12.8 Å². The molecule has 1 aromatic heterocycles. The van der Waals surface area contributed by atoms with Crippen LogP contribution in [0.1, 0.15) is 44.5 Å². The molecule has 1 rings (SSSR count). The lowest BCUT2D eigenvalue weighted by Crippen LogP contribution is -2.32. The van der Waals surface area contributed by atoms with Crippen molar-refractivity contribution in [2.45, 2.75) is 40.7 Å². The summed E-state index contributed by atoms with van der Waals surface area (Å²) < 4.78 is 28.8. The molecule has 8 heteroatoms. The normalized spacial score (nSPS) is 12.2. The fourth-order valence-electron chi connectivity index (χ4n) is 1.55. The van der Waals surface area contributed by atoms with Gasteiger partial charge in [-0.2, -0.15) is 8.42 Å². The first kappa shape index (κ1) is 17.5. The van der Waals surface area contributed by atoms with E-state index in [4.69, 9.17) is 4.18 Å². The van der Waals surface area contributed by atoms with E-state index in [2.05, 4.69) is 10.4 Å². The van der Waals surface area contributed by atoms with E-state index in [9.17, 15) is 13.2 Å². The molecule has 0 saturated carbocycles. The molecule has 0 spiro atoms. The molecule has 0 aromatic carbocycles. The zero-order chi connectivity index (χ0) is 16.3. The van der Waals surface area contributed by atoms with Gasteiger partial charge in [-0.05, 0) is 11.8 Å². The fraction of sp³-hybridized carbons (Fsp3) is 0.692. The van der Waals surface area contributed by atoms with Crippen molar-refractivity contribution in [3.05, 3.63) is 11.8 Å². The minimum atomic E-state index is -3.73. The van der Waals surface area contributed by atoms with Gasteiger partial charge < -0.3 is 9.50 Å². The number of aryl methyl sites for hydroxylation is 1. The maximum absolute atomic E-state index is 12.2. The Morgan fingerprint density at radius 2 is 2.05 bits per heavy atom. The largest absolute Gasteiger partial charge is 0.359 e. The molecule has 120 valence electrons. The Bertz CT molecular complexity index is 599. The van der Waals surface area contributed by atoms with Crippen LogP contribution in [0.25, 0.3) is 0 Å². The van der Waals surface area contributed by atoms with Crippen molar-refractivity contribution < 1.29 is 17.4 Å². The van der Waals surface area contributed by atoms with Crippen LogP contribution in [0.15, 0.2) is 6.20 Å². The van der Waals surface area contributed by atoms with Gasteiger partial charge in [0.15, 0.2) is 0 Å². The Morgan fingerprint density at radius 1 is 1.43 bits per heavy atom. The first-order chi connectivity index (χ1) is 9.52. The minimum absolute atomic E-state index is 0.0765. The topological polar surface area (TPSA) is 90.3 Å². The van der Waals surface area contributed by atoms with Gasteiger partial charge >= 0.3 is 10.1 Å². The van der Waals surface area contributed by atoms with Crippen molar-refractivity contribution in [1.29, 1.82) is 0 Å². The molecule has 0 unspecified atom stereocenters. The number of hydrogen-bond donors (Lipinski definition) is 1. The van der Waals surface area contributed by atoms with Crippen LogP contribution in [-0.4, -0.2) is 36.9 Å². The maximum atomic E-state index is 12.2. The molecule has 0 atom stereocenters. The van der Waals surface area contributed by atoms with Gasteiger partial charge in [0.2, 0.25) is 0 Å². The third-order valence-electron chi connectivity index (χ3n) is 2.43. The van der Waals surface area contributed by atoms with E-state index in [1.54, 1.807) is 0 Å². The molecule has 0 aliphatic rings. The van der Waals surface area contributed by atoms with E-state index in [0.29, 0.717) is 13.1 Å². The second kappa shape index (κ2) is 6.46. The van der Waals surface area contributed by atoms with E-state index >= 15 is 0 Å². The molecule has 7 nitrogen and oxygen atoms in total. The molecule has 1 N–H and O–H groups in total. The highest BCUT2D eigenvalue weighted by Gasteiger charge is 2.22. The van der Waals surface area contributed by atoms with Gasteiger partial charge in [0.1, 0.15) is 5.56 Å². The molecule has 0 aliphatic heterocycles. The molecule has 21 heavy (non-hydrogen) atoms. The number of hydrogen-bond acceptors (Lipinski definition) is 5. The molecule has 0 fully saturated rings. The van der Waals surface area contributed by atoms with Crippen molar-refractivity contribution in [1.82, 2.24) is 15.1 Å². The molecule has 1 amide bonds. The van der Waals surface area contributed by atoms with E-state index < -0.39 is 16.0 Å². The van der Waals surface area contributed by atoms with E-state index in [-0.39, 0.29) is 16.9 Å². The van der Waals surface area contributed by atoms with Gasteiger partial charge in [-0.25, -0.2) is 0 Å². The zero-order valence-corrected chi connectivity index (χ0v) is 14.0. The van der Waals surface area contributed by atoms with E-state index in [1.807, 2.05) is 27.7 Å². The Balaban J connectivity index is 2.99. The maximum Gasteiger partial charge on any atom is 0.307 e. The minimum Gasteiger partial charge on any atom is -0.359 e. The molecular weight excluding hydrogens is 294 g/mol. The molecule has 0 aliphatic carbocycles. The van der Waals surface area contributed by atoms with Crippen LogP contribution in [0.4, 0.5) is 0 Å². The lowest BCUT2D eigenvalue weighted by molar-refractivity contribution is 0.0937. The van der Waals surface area contributed by atoms with Gasteiger partial charge in [-0.15, -0.1) is 5.10 Å². The van der Waals surface area contributed by atoms with Gasteiger partial charge in [-0.1, -0.05) is 27.7 Å². The van der Waals surface area contributed by atoms with Crippen LogP contribution in [0.5, 0.6) is 5.88 Å². The summed E-state index contributed by atoms with van der Waals surface area (Å²) in [7, 11) is -3.73. The Labute approximate surface area is 125 Å². The number of nitrogens with one attached hydrogen (secondary N) is 1. The summed E-state index contributed by atoms with van der Waals surface area (Å²) in [5.74, 6) is -0.580. The van der Waals surface area contributed by atoms with Gasteiger partial charge in [0, 0.05) is 19.3 Å². The average molecular weight is 317 g/mol. The average Bonchev–Trinajstić information content (AvgIpc) is 2.66. The van der Waals surface area contributed by atoms with E-state index in [1.165, 1.54) is 10.9 Å². The summed E-state index contributed by atoms with van der Waals surface area (Å²) in [5, 5.41) is 6.76. The lowest BCUT2D eigenvalue weighted by atomic mass is 9.97. The Kier molecular flexibility index (Phi) is 5.38. The smallest absolute Gasteiger partial charge is 0.307 e. The Hall–Kier alpha value is -1.57. The van der Waals surface area contributed by atoms with Crippen LogP contribution in [-0.2, 0) is 16.7 Å². The zero-order valence-electron chi connectivity index (χ0n) is 13.1. The summed E-state index contributed by atoms with van der Waals surface area (Å²) in [6, 6.07) is 0. The standard InChI is InChI=1S/C13H23N3O4S/c1-6-7-16-8-10(11(17)14-9-13(2,3)4)12(15-16)20-21(5,18)19/h8H,6-7,9H2,1-5H3,(H,14,17). The van der Waals surface area contributed by atoms with Crippen LogP contribution >= 0.6 is 0 Å². The third kappa shape index (κ3) is 6.16. The number of carbonyl (C=O) groups is 1. The van der Waals surface area contributed by atoms with Gasteiger partial charge in [0.05, 0.1) is 6.26 Å². The summed E-state index contributed by atoms with van der Waals surface area (Å²) in [6.07, 6.45) is 3.23. The van der Waals surface area contributed by atoms with Crippen molar-refractivity contribution in [2.24, 2.45) is 5.41 Å². The monoisotopic (exact) mass is 317 g/mol. The Morgan fingerprint density at radius 3 is 2.52 bits per heavy atom. The molecular formula is C13H23N3O4S. The highest BCUT2D eigenvalue weighted by molar-refractivity contribution is 7.86. The number of carbonyl (C=O) groups excluding carboxylic acids is 1. The molecule has 1 aromatic rings. The van der Waals surface area contributed by atoms with Gasteiger partial charge in [-0.3, -0.25) is 9.48 Å². The lowest BCUT2D eigenvalue weighted by Gasteiger charge is -2.18. The highest BCUT2D eigenvalue weighted by Crippen LogP contribution is 2.19. The second-order valence-electron chi connectivity index (χ2n) is 6.14. The molecule has 0 saturated heterocycles. The summed E-state index contributed by atoms with van der Waals surface area (Å²) >= 11 is 0. The summed E-state index contributed by atoms with van der Waals surface area (Å²) in [6.45, 7) is 8.96. The van der Waals surface area contributed by atoms with Crippen LogP contribution in [0.2, 0.25) is 0 Å². The number of rotatable bonds is 6. The molecule has 0 radical (unpaired) electrons. The van der Waals surface area contributed by atoms with Crippen LogP contribution < -0.4 is 9.50 Å². The highest BCUT2D eigenvalue weighted by atomic mass is 32.2. The van der Waals surface area contributed by atoms with E-state index in [0.717, 1.165) is 12.7 Å². The number of nitrogens with zero attached hydrogens (tertiary/aromatic N) is 2. The molecule has 0 bridgehead atoms. The second-order valence-corrected chi connectivity index (χ2v) is 7.72. The first-order valence-electron chi connectivity index (χ1n) is 6.77. The first-order valence-corrected chi connectivity index (χ1v) is 8.58. The van der Waals surface area contributed by atoms with Gasteiger partial charge in [0.25, 0.3) is 11.8 Å². The van der Waals surface area contributed by atoms with Crippen molar-refractivity contribution in [3.63, 3.8) is 0 Å². The van der Waals surface area contributed by atoms with Crippen LogP contribution in [0, 0.1) is 5.41 Å². The van der Waals surface area contributed by atoms with Crippen LogP contribution in [0.3, 0.4) is 0 Å². The number of aromatic nitrogens is 2. The predicted octanol–water partition coefficient (Wildman–Crippen LogP) is 1.41. The van der Waals surface area contributed by atoms with Crippen molar-refractivity contribution in [3.8, 4) is 5.88 Å². The quantitative estimate of drug-likeness (QED) is 0.801. The summed E-state index contributed by atoms with van der Waals surface area (Å²) in [5.41, 5.74) is 0.0468. The number of amides is 1.